The van der Waals surface area contributed by atoms with E-state index >= 15 is 0 Å². The molecule has 0 spiro atoms. The summed E-state index contributed by atoms with van der Waals surface area (Å²) in [6, 6.07) is 2.84. The second-order valence-corrected chi connectivity index (χ2v) is 12.9. The molecule has 4 fully saturated rings. The molecule has 4 aliphatic rings. The van der Waals surface area contributed by atoms with E-state index in [-0.39, 0.29) is 52.7 Å². The Hall–Kier alpha value is -2.39. The maximum Gasteiger partial charge on any atom is 0.335 e. The molecule has 0 unspecified atom stereocenters. The van der Waals surface area contributed by atoms with E-state index in [9.17, 15) is 24.6 Å². The van der Waals surface area contributed by atoms with Crippen molar-refractivity contribution in [1.29, 1.82) is 0 Å². The quantitative estimate of drug-likeness (QED) is 0.353. The standard InChI is InChI=1S/C29H42N2O7/c1-26-11-7-19(31-25(35)30-15-3-4-23(32)33)16-28(26,36)13-9-22-21(26)8-12-27(2)20(10-14-29(22,27)37)18-5-6-24(34)38-17-18/h5-6,17,19-22,36-37H,3-4,7-16H2,1-2H3,(H,32,33)(H2,30,31,35)/t19-,20+,21-,22+,26+,27+,28-,29-/m0/s1. The predicted molar refractivity (Wildman–Crippen MR) is 140 cm³/mol. The first-order valence-corrected chi connectivity index (χ1v) is 14.2. The van der Waals surface area contributed by atoms with Crippen LogP contribution in [0.15, 0.2) is 27.6 Å². The third-order valence-corrected chi connectivity index (χ3v) is 11.3. The monoisotopic (exact) mass is 530 g/mol. The van der Waals surface area contributed by atoms with Crippen LogP contribution >= 0.6 is 0 Å². The van der Waals surface area contributed by atoms with Crippen molar-refractivity contribution >= 4 is 12.0 Å². The number of carboxylic acid groups (broad SMARTS) is 1. The van der Waals surface area contributed by atoms with E-state index < -0.39 is 17.2 Å². The zero-order valence-electron chi connectivity index (χ0n) is 22.5. The van der Waals surface area contributed by atoms with Gasteiger partial charge in [0.05, 0.1) is 17.5 Å². The Balaban J connectivity index is 1.28. The lowest BCUT2D eigenvalue weighted by atomic mass is 9.42. The number of aliphatic carboxylic acids is 1. The lowest BCUT2D eigenvalue weighted by Gasteiger charge is -2.66. The van der Waals surface area contributed by atoms with E-state index in [1.807, 2.05) is 6.07 Å². The highest BCUT2D eigenvalue weighted by molar-refractivity contribution is 5.74. The lowest BCUT2D eigenvalue weighted by molar-refractivity contribution is -0.247. The van der Waals surface area contributed by atoms with Gasteiger partial charge >= 0.3 is 17.6 Å². The number of aliphatic hydroxyl groups is 2. The number of rotatable bonds is 6. The van der Waals surface area contributed by atoms with Crippen LogP contribution in [0.25, 0.3) is 0 Å². The Morgan fingerprint density at radius 2 is 1.74 bits per heavy atom. The van der Waals surface area contributed by atoms with Gasteiger partial charge in [-0.25, -0.2) is 9.59 Å². The van der Waals surface area contributed by atoms with Gasteiger partial charge < -0.3 is 30.4 Å². The van der Waals surface area contributed by atoms with Crippen LogP contribution in [0.2, 0.25) is 0 Å². The molecule has 0 radical (unpaired) electrons. The number of carbonyl (C=O) groups excluding carboxylic acids is 1. The molecule has 210 valence electrons. The highest BCUT2D eigenvalue weighted by Gasteiger charge is 2.69. The van der Waals surface area contributed by atoms with Gasteiger partial charge in [-0.05, 0) is 99.0 Å². The van der Waals surface area contributed by atoms with Crippen LogP contribution in [-0.4, -0.2) is 51.1 Å². The van der Waals surface area contributed by atoms with Gasteiger partial charge in [0.1, 0.15) is 0 Å². The summed E-state index contributed by atoms with van der Waals surface area (Å²) in [6.45, 7) is 4.69. The van der Waals surface area contributed by atoms with Crippen LogP contribution in [-0.2, 0) is 4.79 Å². The van der Waals surface area contributed by atoms with Gasteiger partial charge in [-0.15, -0.1) is 0 Å². The first kappa shape index (κ1) is 27.2. The zero-order chi connectivity index (χ0) is 27.3. The van der Waals surface area contributed by atoms with Crippen molar-refractivity contribution in [3.05, 3.63) is 34.4 Å². The predicted octanol–water partition coefficient (Wildman–Crippen LogP) is 3.53. The van der Waals surface area contributed by atoms with E-state index in [1.54, 1.807) is 6.26 Å². The fourth-order valence-corrected chi connectivity index (χ4v) is 9.13. The number of nitrogens with one attached hydrogen (secondary N) is 2. The van der Waals surface area contributed by atoms with Crippen LogP contribution in [0.3, 0.4) is 0 Å². The van der Waals surface area contributed by atoms with Crippen LogP contribution in [0, 0.1) is 22.7 Å². The van der Waals surface area contributed by atoms with Crippen molar-refractivity contribution in [3.63, 3.8) is 0 Å². The zero-order valence-corrected chi connectivity index (χ0v) is 22.5. The molecule has 5 N–H and O–H groups in total. The maximum atomic E-state index is 12.4. The van der Waals surface area contributed by atoms with Gasteiger partial charge in [0.25, 0.3) is 0 Å². The van der Waals surface area contributed by atoms with Crippen LogP contribution in [0.5, 0.6) is 0 Å². The number of hydrogen-bond donors (Lipinski definition) is 5. The van der Waals surface area contributed by atoms with Gasteiger partial charge in [-0.1, -0.05) is 13.8 Å². The normalized spacial score (nSPS) is 41.9. The highest BCUT2D eigenvalue weighted by atomic mass is 16.4. The Kier molecular flexibility index (Phi) is 6.91. The number of carbonyl (C=O) groups is 2. The fourth-order valence-electron chi connectivity index (χ4n) is 9.13. The molecule has 4 aliphatic carbocycles. The fraction of sp³-hybridized carbons (Fsp3) is 0.759. The SMILES string of the molecule is C[C@]12CC[C@H](NC(=O)NCCCC(=O)O)C[C@@]1(O)CC[C@@H]1[C@@H]2CC[C@]2(C)[C@@H](c3ccc(=O)oc3)CC[C@]12O. The van der Waals surface area contributed by atoms with Gasteiger partial charge in [-0.3, -0.25) is 4.79 Å². The molecule has 0 aromatic carbocycles. The van der Waals surface area contributed by atoms with E-state index in [4.69, 9.17) is 9.52 Å². The second kappa shape index (κ2) is 9.66. The summed E-state index contributed by atoms with van der Waals surface area (Å²) in [5.74, 6) is -0.474. The Morgan fingerprint density at radius 1 is 1.00 bits per heavy atom. The molecule has 1 aromatic heterocycles. The second-order valence-electron chi connectivity index (χ2n) is 12.9. The third kappa shape index (κ3) is 4.26. The molecular formula is C29H42N2O7. The number of carboxylic acids is 1. The van der Waals surface area contributed by atoms with Gasteiger partial charge in [0, 0.05) is 30.5 Å². The summed E-state index contributed by atoms with van der Waals surface area (Å²) < 4.78 is 5.18. The van der Waals surface area contributed by atoms with Crippen LogP contribution in [0.1, 0.15) is 96.0 Å². The van der Waals surface area contributed by atoms with Crippen molar-refractivity contribution < 1.29 is 29.3 Å². The minimum atomic E-state index is -0.918. The molecule has 4 saturated carbocycles. The third-order valence-electron chi connectivity index (χ3n) is 11.3. The molecule has 1 heterocycles. The number of urea groups is 1. The smallest absolute Gasteiger partial charge is 0.335 e. The molecule has 0 saturated heterocycles. The minimum Gasteiger partial charge on any atom is -0.481 e. The molecule has 9 heteroatoms. The average Bonchev–Trinajstić information content (AvgIpc) is 3.14. The van der Waals surface area contributed by atoms with Crippen LogP contribution < -0.4 is 16.3 Å². The van der Waals surface area contributed by atoms with Gasteiger partial charge in [0.2, 0.25) is 0 Å². The Labute approximate surface area is 223 Å². The van der Waals surface area contributed by atoms with Crippen molar-refractivity contribution in [3.8, 4) is 0 Å². The summed E-state index contributed by atoms with van der Waals surface area (Å²) in [4.78, 5) is 34.6. The molecule has 0 bridgehead atoms. The molecular weight excluding hydrogens is 488 g/mol. The summed E-state index contributed by atoms with van der Waals surface area (Å²) >= 11 is 0. The van der Waals surface area contributed by atoms with Crippen LogP contribution in [0.4, 0.5) is 4.79 Å². The molecule has 5 rings (SSSR count). The van der Waals surface area contributed by atoms with Gasteiger partial charge in [0.15, 0.2) is 0 Å². The van der Waals surface area contributed by atoms with Crippen molar-refractivity contribution in [2.75, 3.05) is 6.54 Å². The largest absolute Gasteiger partial charge is 0.481 e. The van der Waals surface area contributed by atoms with E-state index in [1.165, 1.54) is 6.07 Å². The first-order chi connectivity index (χ1) is 17.9. The highest BCUT2D eigenvalue weighted by Crippen LogP contribution is 2.71. The molecule has 9 nitrogen and oxygen atoms in total. The van der Waals surface area contributed by atoms with E-state index in [2.05, 4.69) is 24.5 Å². The molecule has 8 atom stereocenters. The number of fused-ring (bicyclic) bond motifs is 5. The number of amides is 2. The minimum absolute atomic E-state index is 0.0122. The summed E-state index contributed by atoms with van der Waals surface area (Å²) in [5, 5.41) is 38.9. The van der Waals surface area contributed by atoms with Crippen molar-refractivity contribution in [1.82, 2.24) is 10.6 Å². The van der Waals surface area contributed by atoms with Crippen molar-refractivity contribution in [2.45, 2.75) is 108 Å². The Bertz CT molecular complexity index is 1120. The molecule has 0 aliphatic heterocycles. The topological polar surface area (TPSA) is 149 Å². The maximum absolute atomic E-state index is 12.4. The van der Waals surface area contributed by atoms with E-state index in [0.29, 0.717) is 32.2 Å². The Morgan fingerprint density at radius 3 is 2.45 bits per heavy atom. The van der Waals surface area contributed by atoms with Crippen molar-refractivity contribution in [2.24, 2.45) is 22.7 Å². The first-order valence-electron chi connectivity index (χ1n) is 14.2. The van der Waals surface area contributed by atoms with Gasteiger partial charge in [-0.2, -0.15) is 0 Å². The number of hydrogen-bond acceptors (Lipinski definition) is 6. The summed E-state index contributed by atoms with van der Waals surface area (Å²) in [6.07, 6.45) is 8.62. The molecule has 38 heavy (non-hydrogen) atoms. The summed E-state index contributed by atoms with van der Waals surface area (Å²) in [7, 11) is 0. The van der Waals surface area contributed by atoms with E-state index in [0.717, 1.165) is 44.1 Å². The summed E-state index contributed by atoms with van der Waals surface area (Å²) in [5.41, 5.74) is -1.81. The average molecular weight is 531 g/mol. The molecule has 1 aromatic rings. The lowest BCUT2D eigenvalue weighted by Crippen LogP contribution is -2.68. The molecule has 2 amide bonds.